The number of nitrogens with one attached hydrogen (secondary N) is 2. The molecule has 0 spiro atoms. The Kier molecular flexibility index (Phi) is 8.15. The summed E-state index contributed by atoms with van der Waals surface area (Å²) in [6, 6.07) is 1.97. The lowest BCUT2D eigenvalue weighted by Crippen LogP contribution is -2.56. The Hall–Kier alpha value is -1.60. The Morgan fingerprint density at radius 3 is 2.68 bits per heavy atom. The Morgan fingerprint density at radius 1 is 1.21 bits per heavy atom. The van der Waals surface area contributed by atoms with Crippen LogP contribution in [-0.2, 0) is 11.3 Å². The first-order chi connectivity index (χ1) is 13.7. The van der Waals surface area contributed by atoms with E-state index >= 15 is 0 Å². The van der Waals surface area contributed by atoms with Crippen molar-refractivity contribution in [1.29, 1.82) is 0 Å². The Labute approximate surface area is 169 Å². The molecule has 7 nitrogen and oxygen atoms in total. The number of aromatic nitrogens is 2. The van der Waals surface area contributed by atoms with Crippen molar-refractivity contribution in [2.45, 2.75) is 58.0 Å². The zero-order valence-electron chi connectivity index (χ0n) is 17.7. The summed E-state index contributed by atoms with van der Waals surface area (Å²) in [6.45, 7) is 11.7. The first kappa shape index (κ1) is 21.1. The van der Waals surface area contributed by atoms with Gasteiger partial charge in [0.1, 0.15) is 0 Å². The van der Waals surface area contributed by atoms with Crippen LogP contribution in [0.25, 0.3) is 0 Å². The molecule has 28 heavy (non-hydrogen) atoms. The van der Waals surface area contributed by atoms with Gasteiger partial charge in [0, 0.05) is 50.7 Å². The molecule has 2 fully saturated rings. The van der Waals surface area contributed by atoms with Crippen LogP contribution in [0.5, 0.6) is 0 Å². The zero-order chi connectivity index (χ0) is 19.7. The molecule has 2 heterocycles. The number of ether oxygens (including phenoxy) is 1. The minimum Gasteiger partial charge on any atom is -0.379 e. The number of hydrogen-bond acceptors (Lipinski definition) is 4. The van der Waals surface area contributed by atoms with Gasteiger partial charge in [-0.25, -0.2) is 0 Å². The summed E-state index contributed by atoms with van der Waals surface area (Å²) >= 11 is 0. The maximum absolute atomic E-state index is 5.60. The predicted molar refractivity (Wildman–Crippen MR) is 114 cm³/mol. The molecule has 0 amide bonds. The van der Waals surface area contributed by atoms with E-state index in [9.17, 15) is 0 Å². The van der Waals surface area contributed by atoms with E-state index in [-0.39, 0.29) is 5.54 Å². The lowest BCUT2D eigenvalue weighted by molar-refractivity contribution is -0.0333. The third kappa shape index (κ3) is 5.95. The fraction of sp³-hybridized carbons (Fsp3) is 0.810. The van der Waals surface area contributed by atoms with Crippen LogP contribution in [0, 0.1) is 5.92 Å². The van der Waals surface area contributed by atoms with Crippen LogP contribution < -0.4 is 10.6 Å². The molecule has 1 atom stereocenters. The van der Waals surface area contributed by atoms with Gasteiger partial charge < -0.3 is 15.4 Å². The van der Waals surface area contributed by atoms with Gasteiger partial charge in [0.25, 0.3) is 0 Å². The van der Waals surface area contributed by atoms with E-state index in [4.69, 9.17) is 9.73 Å². The van der Waals surface area contributed by atoms with Gasteiger partial charge in [-0.15, -0.1) is 0 Å². The van der Waals surface area contributed by atoms with Crippen molar-refractivity contribution < 1.29 is 4.74 Å². The summed E-state index contributed by atoms with van der Waals surface area (Å²) in [4.78, 5) is 7.70. The van der Waals surface area contributed by atoms with Crippen LogP contribution in [0.15, 0.2) is 23.5 Å². The van der Waals surface area contributed by atoms with Crippen molar-refractivity contribution in [1.82, 2.24) is 25.3 Å². The normalized spacial score (nSPS) is 22.0. The Bertz CT molecular complexity index is 576. The van der Waals surface area contributed by atoms with E-state index in [2.05, 4.69) is 34.5 Å². The van der Waals surface area contributed by atoms with Gasteiger partial charge in [0.15, 0.2) is 5.96 Å². The molecule has 158 valence electrons. The molecule has 2 aliphatic rings. The van der Waals surface area contributed by atoms with Crippen LogP contribution in [0.4, 0.5) is 0 Å². The standard InChI is InChI=1S/C21H38N6O/c1-3-22-20(23-16-19(2)17-27-11-7-10-25-27)24-18-21(8-5-4-6-9-21)26-12-14-28-15-13-26/h7,10-11,19H,3-6,8-9,12-18H2,1-2H3,(H2,22,23,24). The molecule has 1 unspecified atom stereocenters. The van der Waals surface area contributed by atoms with Crippen LogP contribution in [0.3, 0.4) is 0 Å². The van der Waals surface area contributed by atoms with Gasteiger partial charge in [-0.05, 0) is 31.7 Å². The highest BCUT2D eigenvalue weighted by molar-refractivity contribution is 5.79. The van der Waals surface area contributed by atoms with E-state index in [1.807, 2.05) is 23.1 Å². The summed E-state index contributed by atoms with van der Waals surface area (Å²) in [5, 5.41) is 11.3. The van der Waals surface area contributed by atoms with Gasteiger partial charge in [0.05, 0.1) is 19.8 Å². The van der Waals surface area contributed by atoms with Crippen LogP contribution in [0.1, 0.15) is 46.0 Å². The molecule has 2 N–H and O–H groups in total. The van der Waals surface area contributed by atoms with E-state index in [1.54, 1.807) is 0 Å². The largest absolute Gasteiger partial charge is 0.379 e. The Morgan fingerprint density at radius 2 is 2.00 bits per heavy atom. The van der Waals surface area contributed by atoms with Crippen molar-refractivity contribution in [3.63, 3.8) is 0 Å². The van der Waals surface area contributed by atoms with Crippen LogP contribution in [0.2, 0.25) is 0 Å². The lowest BCUT2D eigenvalue weighted by Gasteiger charge is -2.47. The smallest absolute Gasteiger partial charge is 0.191 e. The molecular weight excluding hydrogens is 352 g/mol. The second-order valence-corrected chi connectivity index (χ2v) is 8.29. The molecule has 1 aliphatic carbocycles. The average molecular weight is 391 g/mol. The Balaban J connectivity index is 1.58. The van der Waals surface area contributed by atoms with Crippen molar-refractivity contribution in [2.75, 3.05) is 45.9 Å². The topological polar surface area (TPSA) is 66.7 Å². The lowest BCUT2D eigenvalue weighted by atomic mass is 9.80. The zero-order valence-corrected chi connectivity index (χ0v) is 17.7. The number of rotatable bonds is 8. The van der Waals surface area contributed by atoms with Crippen molar-refractivity contribution in [2.24, 2.45) is 10.9 Å². The maximum atomic E-state index is 5.60. The summed E-state index contributed by atoms with van der Waals surface area (Å²) < 4.78 is 7.59. The summed E-state index contributed by atoms with van der Waals surface area (Å²) in [5.41, 5.74) is 0.213. The number of nitrogens with zero attached hydrogens (tertiary/aromatic N) is 4. The van der Waals surface area contributed by atoms with Gasteiger partial charge in [-0.2, -0.15) is 5.10 Å². The third-order valence-electron chi connectivity index (χ3n) is 6.02. The molecule has 1 aromatic heterocycles. The average Bonchev–Trinajstić information content (AvgIpc) is 3.24. The van der Waals surface area contributed by atoms with Gasteiger partial charge >= 0.3 is 0 Å². The molecule has 1 aliphatic heterocycles. The first-order valence-electron chi connectivity index (χ1n) is 11.0. The SMILES string of the molecule is CCNC(=NCC1(N2CCOCC2)CCCCC1)NCC(C)Cn1cccn1. The highest BCUT2D eigenvalue weighted by atomic mass is 16.5. The third-order valence-corrected chi connectivity index (χ3v) is 6.02. The minimum atomic E-state index is 0.213. The monoisotopic (exact) mass is 390 g/mol. The molecule has 0 aromatic carbocycles. The fourth-order valence-electron chi connectivity index (χ4n) is 4.45. The highest BCUT2D eigenvalue weighted by Crippen LogP contribution is 2.34. The second-order valence-electron chi connectivity index (χ2n) is 8.29. The van der Waals surface area contributed by atoms with Crippen LogP contribution >= 0.6 is 0 Å². The van der Waals surface area contributed by atoms with Crippen molar-refractivity contribution in [3.8, 4) is 0 Å². The van der Waals surface area contributed by atoms with E-state index in [0.717, 1.165) is 58.4 Å². The summed E-state index contributed by atoms with van der Waals surface area (Å²) in [7, 11) is 0. The second kappa shape index (κ2) is 10.8. The van der Waals surface area contributed by atoms with Gasteiger partial charge in [-0.3, -0.25) is 14.6 Å². The molecule has 7 heteroatoms. The van der Waals surface area contributed by atoms with Crippen molar-refractivity contribution in [3.05, 3.63) is 18.5 Å². The maximum Gasteiger partial charge on any atom is 0.191 e. The van der Waals surface area contributed by atoms with E-state index in [0.29, 0.717) is 5.92 Å². The predicted octanol–water partition coefficient (Wildman–Crippen LogP) is 2.11. The molecule has 1 saturated carbocycles. The summed E-state index contributed by atoms with van der Waals surface area (Å²) in [6.07, 6.45) is 10.4. The molecule has 1 saturated heterocycles. The van der Waals surface area contributed by atoms with Gasteiger partial charge in [0.2, 0.25) is 0 Å². The number of hydrogen-bond donors (Lipinski definition) is 2. The summed E-state index contributed by atoms with van der Waals surface area (Å²) in [5.74, 6) is 1.42. The number of morpholine rings is 1. The highest BCUT2D eigenvalue weighted by Gasteiger charge is 2.38. The molecule has 3 rings (SSSR count). The van der Waals surface area contributed by atoms with Crippen molar-refractivity contribution >= 4 is 5.96 Å². The molecule has 0 bridgehead atoms. The molecular formula is C21H38N6O. The quantitative estimate of drug-likeness (QED) is 0.526. The molecule has 1 aromatic rings. The number of aliphatic imine (C=N–C) groups is 1. The minimum absolute atomic E-state index is 0.213. The van der Waals surface area contributed by atoms with E-state index < -0.39 is 0 Å². The fourth-order valence-corrected chi connectivity index (χ4v) is 4.45. The van der Waals surface area contributed by atoms with E-state index in [1.165, 1.54) is 32.1 Å². The number of guanidine groups is 1. The molecule has 0 radical (unpaired) electrons. The van der Waals surface area contributed by atoms with Crippen LogP contribution in [-0.4, -0.2) is 72.1 Å². The van der Waals surface area contributed by atoms with Gasteiger partial charge in [-0.1, -0.05) is 26.2 Å². The first-order valence-corrected chi connectivity index (χ1v) is 11.0.